The van der Waals surface area contributed by atoms with Gasteiger partial charge in [0.05, 0.1) is 17.5 Å². The summed E-state index contributed by atoms with van der Waals surface area (Å²) < 4.78 is 38.3. The van der Waals surface area contributed by atoms with Crippen LogP contribution in [0.25, 0.3) is 0 Å². The van der Waals surface area contributed by atoms with Crippen molar-refractivity contribution in [2.45, 2.75) is 10.9 Å². The molecule has 1 fully saturated rings. The second kappa shape index (κ2) is 8.59. The zero-order valence-corrected chi connectivity index (χ0v) is 15.5. The average Bonchev–Trinajstić information content (AvgIpc) is 2.69. The summed E-state index contributed by atoms with van der Waals surface area (Å²) in [5.41, 5.74) is 0.878. The van der Waals surface area contributed by atoms with Crippen LogP contribution in [0.5, 0.6) is 5.75 Å². The molecule has 26 heavy (non-hydrogen) atoms. The molecule has 140 valence electrons. The molecule has 7 nitrogen and oxygen atoms in total. The van der Waals surface area contributed by atoms with Gasteiger partial charge in [-0.15, -0.1) is 0 Å². The second-order valence-electron chi connectivity index (χ2n) is 5.93. The predicted octanol–water partition coefficient (Wildman–Crippen LogP) is 1.44. The predicted molar refractivity (Wildman–Crippen MR) is 97.6 cm³/mol. The van der Waals surface area contributed by atoms with Gasteiger partial charge < -0.3 is 14.8 Å². The van der Waals surface area contributed by atoms with Crippen molar-refractivity contribution in [3.8, 4) is 5.75 Å². The number of hydrogen-bond acceptors (Lipinski definition) is 6. The Hall–Kier alpha value is -2.00. The van der Waals surface area contributed by atoms with Gasteiger partial charge in [-0.25, -0.2) is 8.42 Å². The van der Waals surface area contributed by atoms with Crippen molar-refractivity contribution in [1.82, 2.24) is 14.6 Å². The molecular formula is C18H23N3O4S. The molecule has 0 aliphatic carbocycles. The molecule has 0 radical (unpaired) electrons. The van der Waals surface area contributed by atoms with Crippen LogP contribution in [0.15, 0.2) is 53.7 Å². The lowest BCUT2D eigenvalue weighted by Gasteiger charge is -2.35. The Kier molecular flexibility index (Phi) is 6.20. The smallest absolute Gasteiger partial charge is 0.243 e. The number of nitrogens with zero attached hydrogens (tertiary/aromatic N) is 2. The fourth-order valence-electron chi connectivity index (χ4n) is 2.92. The Morgan fingerprint density at radius 3 is 2.73 bits per heavy atom. The molecule has 0 amide bonds. The SMILES string of the molecule is COCCOc1ccc(S(=O)(=O)N2CCNCC2c2cccnc2)cc1. The summed E-state index contributed by atoms with van der Waals surface area (Å²) in [5.74, 6) is 0.616. The number of nitrogens with one attached hydrogen (secondary N) is 1. The topological polar surface area (TPSA) is 80.8 Å². The van der Waals surface area contributed by atoms with Gasteiger partial charge in [0, 0.05) is 39.1 Å². The van der Waals surface area contributed by atoms with Crippen molar-refractivity contribution in [2.75, 3.05) is 40.0 Å². The van der Waals surface area contributed by atoms with E-state index < -0.39 is 10.0 Å². The van der Waals surface area contributed by atoms with E-state index in [9.17, 15) is 8.42 Å². The summed E-state index contributed by atoms with van der Waals surface area (Å²) in [6.45, 7) is 2.49. The Bertz CT molecular complexity index is 797. The number of sulfonamides is 1. The number of ether oxygens (including phenoxy) is 2. The van der Waals surface area contributed by atoms with Gasteiger partial charge in [0.25, 0.3) is 0 Å². The molecule has 1 aromatic carbocycles. The van der Waals surface area contributed by atoms with Crippen LogP contribution in [0.2, 0.25) is 0 Å². The molecular weight excluding hydrogens is 354 g/mol. The van der Waals surface area contributed by atoms with E-state index in [0.717, 1.165) is 5.56 Å². The van der Waals surface area contributed by atoms with Gasteiger partial charge in [-0.3, -0.25) is 4.98 Å². The van der Waals surface area contributed by atoms with Crippen LogP contribution in [0.1, 0.15) is 11.6 Å². The van der Waals surface area contributed by atoms with Crippen LogP contribution in [0.3, 0.4) is 0 Å². The monoisotopic (exact) mass is 377 g/mol. The van der Waals surface area contributed by atoms with Crippen LogP contribution < -0.4 is 10.1 Å². The lowest BCUT2D eigenvalue weighted by molar-refractivity contribution is 0.146. The molecule has 1 unspecified atom stereocenters. The minimum Gasteiger partial charge on any atom is -0.491 e. The van der Waals surface area contributed by atoms with E-state index in [0.29, 0.717) is 38.6 Å². The molecule has 1 aliphatic rings. The first-order chi connectivity index (χ1) is 12.6. The highest BCUT2D eigenvalue weighted by atomic mass is 32.2. The lowest BCUT2D eigenvalue weighted by atomic mass is 10.1. The number of rotatable bonds is 7. The number of pyridine rings is 1. The van der Waals surface area contributed by atoms with Crippen molar-refractivity contribution in [3.63, 3.8) is 0 Å². The van der Waals surface area contributed by atoms with Crippen molar-refractivity contribution in [2.24, 2.45) is 0 Å². The van der Waals surface area contributed by atoms with Gasteiger partial charge >= 0.3 is 0 Å². The number of benzene rings is 1. The highest BCUT2D eigenvalue weighted by Gasteiger charge is 2.34. The maximum Gasteiger partial charge on any atom is 0.243 e. The summed E-state index contributed by atoms with van der Waals surface area (Å²) in [5, 5.41) is 3.26. The number of methoxy groups -OCH3 is 1. The third-order valence-corrected chi connectivity index (χ3v) is 6.17. The molecule has 8 heteroatoms. The molecule has 1 saturated heterocycles. The summed E-state index contributed by atoms with van der Waals surface area (Å²) >= 11 is 0. The Morgan fingerprint density at radius 1 is 1.23 bits per heavy atom. The zero-order chi connectivity index (χ0) is 18.4. The fourth-order valence-corrected chi connectivity index (χ4v) is 4.53. The molecule has 0 saturated carbocycles. The van der Waals surface area contributed by atoms with Gasteiger partial charge in [0.1, 0.15) is 12.4 Å². The van der Waals surface area contributed by atoms with Crippen molar-refractivity contribution in [3.05, 3.63) is 54.4 Å². The molecule has 1 aliphatic heterocycles. The van der Waals surface area contributed by atoms with E-state index in [2.05, 4.69) is 10.3 Å². The number of hydrogen-bond donors (Lipinski definition) is 1. The minimum atomic E-state index is -3.62. The molecule has 1 N–H and O–H groups in total. The zero-order valence-electron chi connectivity index (χ0n) is 14.7. The maximum atomic E-state index is 13.2. The Balaban J connectivity index is 1.81. The molecule has 1 aromatic heterocycles. The highest BCUT2D eigenvalue weighted by Crippen LogP contribution is 2.29. The quantitative estimate of drug-likeness (QED) is 0.736. The maximum absolute atomic E-state index is 13.2. The van der Waals surface area contributed by atoms with Gasteiger partial charge in [0.15, 0.2) is 0 Å². The average molecular weight is 377 g/mol. The molecule has 0 bridgehead atoms. The molecule has 0 spiro atoms. The summed E-state index contributed by atoms with van der Waals surface area (Å²) in [6.07, 6.45) is 3.40. The number of piperazine rings is 1. The van der Waals surface area contributed by atoms with Crippen molar-refractivity contribution in [1.29, 1.82) is 0 Å². The fraction of sp³-hybridized carbons (Fsp3) is 0.389. The first-order valence-corrected chi connectivity index (χ1v) is 9.91. The van der Waals surface area contributed by atoms with Crippen molar-refractivity contribution >= 4 is 10.0 Å². The summed E-state index contributed by atoms with van der Waals surface area (Å²) in [7, 11) is -2.01. The highest BCUT2D eigenvalue weighted by molar-refractivity contribution is 7.89. The van der Waals surface area contributed by atoms with E-state index in [1.165, 1.54) is 0 Å². The molecule has 3 rings (SSSR count). The van der Waals surface area contributed by atoms with Gasteiger partial charge in [-0.1, -0.05) is 6.07 Å². The standard InChI is InChI=1S/C18H23N3O4S/c1-24-11-12-25-16-4-6-17(7-5-16)26(22,23)21-10-9-20-14-18(21)15-3-2-8-19-13-15/h2-8,13,18,20H,9-12,14H2,1H3. The van der Waals surface area contributed by atoms with Crippen molar-refractivity contribution < 1.29 is 17.9 Å². The number of aromatic nitrogens is 1. The van der Waals surface area contributed by atoms with Crippen LogP contribution in [-0.2, 0) is 14.8 Å². The Morgan fingerprint density at radius 2 is 2.04 bits per heavy atom. The van der Waals surface area contributed by atoms with Gasteiger partial charge in [-0.2, -0.15) is 4.31 Å². The first-order valence-electron chi connectivity index (χ1n) is 8.47. The summed E-state index contributed by atoms with van der Waals surface area (Å²) in [6, 6.07) is 9.95. The van der Waals surface area contributed by atoms with E-state index in [1.807, 2.05) is 12.1 Å². The van der Waals surface area contributed by atoms with Crippen LogP contribution in [-0.4, -0.2) is 57.7 Å². The van der Waals surface area contributed by atoms with E-state index in [-0.39, 0.29) is 10.9 Å². The lowest BCUT2D eigenvalue weighted by Crippen LogP contribution is -2.48. The minimum absolute atomic E-state index is 0.257. The Labute approximate surface area is 154 Å². The second-order valence-corrected chi connectivity index (χ2v) is 7.83. The molecule has 1 atom stereocenters. The third-order valence-electron chi connectivity index (χ3n) is 4.25. The van der Waals surface area contributed by atoms with Gasteiger partial charge in [0.2, 0.25) is 10.0 Å². The molecule has 2 heterocycles. The van der Waals surface area contributed by atoms with Crippen LogP contribution in [0, 0.1) is 0 Å². The van der Waals surface area contributed by atoms with E-state index in [1.54, 1.807) is 48.1 Å². The van der Waals surface area contributed by atoms with Gasteiger partial charge in [-0.05, 0) is 35.9 Å². The van der Waals surface area contributed by atoms with Crippen LogP contribution >= 0.6 is 0 Å². The summed E-state index contributed by atoms with van der Waals surface area (Å²) in [4.78, 5) is 4.38. The largest absolute Gasteiger partial charge is 0.491 e. The third kappa shape index (κ3) is 4.21. The van der Waals surface area contributed by atoms with E-state index in [4.69, 9.17) is 9.47 Å². The molecule has 2 aromatic rings. The van der Waals surface area contributed by atoms with E-state index >= 15 is 0 Å². The first kappa shape index (κ1) is 18.8. The van der Waals surface area contributed by atoms with Crippen LogP contribution in [0.4, 0.5) is 0 Å². The normalized spacial score (nSPS) is 18.6.